The summed E-state index contributed by atoms with van der Waals surface area (Å²) in [7, 11) is -2.25. The van der Waals surface area contributed by atoms with E-state index in [0.717, 1.165) is 12.0 Å². The lowest BCUT2D eigenvalue weighted by molar-refractivity contribution is 0.0980. The summed E-state index contributed by atoms with van der Waals surface area (Å²) in [5.74, 6) is 1.05. The fourth-order valence-corrected chi connectivity index (χ4v) is 5.09. The van der Waals surface area contributed by atoms with Crippen LogP contribution in [-0.2, 0) is 9.84 Å². The van der Waals surface area contributed by atoms with E-state index in [2.05, 4.69) is 0 Å². The summed E-state index contributed by atoms with van der Waals surface area (Å²) in [5.41, 5.74) is 1.96. The van der Waals surface area contributed by atoms with Crippen LogP contribution in [0.5, 0.6) is 11.5 Å². The molecule has 3 aromatic rings. The molecule has 0 amide bonds. The molecule has 0 N–H and O–H groups in total. The Bertz CT molecular complexity index is 1130. The molecule has 3 aromatic carbocycles. The average Bonchev–Trinajstić information content (AvgIpc) is 2.81. The molecular weight excluding hydrogens is 424 g/mol. The number of rotatable bonds is 10. The van der Waals surface area contributed by atoms with E-state index in [1.807, 2.05) is 13.8 Å². The van der Waals surface area contributed by atoms with Crippen LogP contribution in [0.25, 0.3) is 0 Å². The zero-order valence-electron chi connectivity index (χ0n) is 18.6. The van der Waals surface area contributed by atoms with E-state index in [1.165, 1.54) is 0 Å². The summed E-state index contributed by atoms with van der Waals surface area (Å²) in [6.45, 7) is 4.50. The second kappa shape index (κ2) is 10.5. The zero-order chi connectivity index (χ0) is 23.1. The Morgan fingerprint density at radius 3 is 2.03 bits per heavy atom. The van der Waals surface area contributed by atoms with Gasteiger partial charge in [0.25, 0.3) is 0 Å². The van der Waals surface area contributed by atoms with Gasteiger partial charge in [-0.1, -0.05) is 36.8 Å². The van der Waals surface area contributed by atoms with Crippen molar-refractivity contribution in [3.63, 3.8) is 0 Å². The van der Waals surface area contributed by atoms with Gasteiger partial charge in [0.05, 0.1) is 23.9 Å². The molecule has 5 nitrogen and oxygen atoms in total. The van der Waals surface area contributed by atoms with Crippen molar-refractivity contribution in [2.24, 2.45) is 0 Å². The number of hydrogen-bond donors (Lipinski definition) is 0. The van der Waals surface area contributed by atoms with E-state index in [-0.39, 0.29) is 17.1 Å². The maximum absolute atomic E-state index is 13.6. The van der Waals surface area contributed by atoms with Crippen molar-refractivity contribution in [3.05, 3.63) is 89.5 Å². The van der Waals surface area contributed by atoms with Gasteiger partial charge in [-0.25, -0.2) is 8.42 Å². The summed E-state index contributed by atoms with van der Waals surface area (Å²) < 4.78 is 37.9. The van der Waals surface area contributed by atoms with Gasteiger partial charge < -0.3 is 9.47 Å². The average molecular weight is 453 g/mol. The molecule has 0 heterocycles. The van der Waals surface area contributed by atoms with Crippen LogP contribution in [0.1, 0.15) is 46.5 Å². The smallest absolute Gasteiger partial charge is 0.185 e. The van der Waals surface area contributed by atoms with E-state index in [4.69, 9.17) is 9.47 Å². The first-order valence-corrected chi connectivity index (χ1v) is 12.1. The van der Waals surface area contributed by atoms with Crippen molar-refractivity contribution < 1.29 is 22.7 Å². The molecule has 0 fully saturated rings. The molecule has 0 aliphatic heterocycles. The minimum absolute atomic E-state index is 0.169. The van der Waals surface area contributed by atoms with Crippen molar-refractivity contribution in [1.29, 1.82) is 0 Å². The van der Waals surface area contributed by atoms with Crippen LogP contribution >= 0.6 is 0 Å². The van der Waals surface area contributed by atoms with Crippen LogP contribution < -0.4 is 9.47 Å². The number of hydrogen-bond acceptors (Lipinski definition) is 5. The highest BCUT2D eigenvalue weighted by atomic mass is 32.2. The largest absolute Gasteiger partial charge is 0.497 e. The van der Waals surface area contributed by atoms with Gasteiger partial charge in [-0.15, -0.1) is 0 Å². The molecule has 0 spiro atoms. The summed E-state index contributed by atoms with van der Waals surface area (Å²) in [4.78, 5) is 13.2. The van der Waals surface area contributed by atoms with E-state index in [0.29, 0.717) is 29.2 Å². The highest BCUT2D eigenvalue weighted by molar-refractivity contribution is 7.91. The fraction of sp³-hybridized carbons (Fsp3) is 0.269. The molecule has 0 bridgehead atoms. The Hall–Kier alpha value is -3.12. The lowest BCUT2D eigenvalue weighted by Crippen LogP contribution is -2.18. The first kappa shape index (κ1) is 23.5. The van der Waals surface area contributed by atoms with Crippen LogP contribution in [0, 0.1) is 6.92 Å². The van der Waals surface area contributed by atoms with E-state index in [1.54, 1.807) is 79.9 Å². The summed E-state index contributed by atoms with van der Waals surface area (Å²) in [5, 5.41) is -1.01. The van der Waals surface area contributed by atoms with Crippen LogP contribution in [-0.4, -0.2) is 27.9 Å². The normalized spacial score (nSPS) is 12.2. The number of carbonyl (C=O) groups is 1. The second-order valence-electron chi connectivity index (χ2n) is 7.62. The third-order valence-corrected chi connectivity index (χ3v) is 7.35. The second-order valence-corrected chi connectivity index (χ2v) is 9.75. The number of benzene rings is 3. The van der Waals surface area contributed by atoms with E-state index in [9.17, 15) is 13.2 Å². The first-order chi connectivity index (χ1) is 15.3. The molecule has 32 heavy (non-hydrogen) atoms. The van der Waals surface area contributed by atoms with Gasteiger partial charge in [-0.2, -0.15) is 0 Å². The van der Waals surface area contributed by atoms with Crippen molar-refractivity contribution in [1.82, 2.24) is 0 Å². The van der Waals surface area contributed by atoms with Crippen molar-refractivity contribution >= 4 is 15.6 Å². The predicted octanol–water partition coefficient (Wildman–Crippen LogP) is 5.58. The standard InChI is InChI=1S/C26H28O5S/c1-4-17-31-23-13-9-21(10-14-23)26(32(28,29)24-15-5-19(2)6-16-24)18-25(27)20-7-11-22(30-3)12-8-20/h5-16,26H,4,17-18H2,1-3H3. The van der Waals surface area contributed by atoms with Crippen LogP contribution in [0.3, 0.4) is 0 Å². The molecule has 6 heteroatoms. The highest BCUT2D eigenvalue weighted by Crippen LogP contribution is 2.34. The Kier molecular flexibility index (Phi) is 7.70. The third-order valence-electron chi connectivity index (χ3n) is 5.23. The monoisotopic (exact) mass is 452 g/mol. The van der Waals surface area contributed by atoms with Gasteiger partial charge in [-0.3, -0.25) is 4.79 Å². The van der Waals surface area contributed by atoms with Crippen LogP contribution in [0.4, 0.5) is 0 Å². The summed E-state index contributed by atoms with van der Waals surface area (Å²) in [6.07, 6.45) is 0.709. The number of ether oxygens (including phenoxy) is 2. The Balaban J connectivity index is 1.96. The molecule has 0 saturated heterocycles. The predicted molar refractivity (Wildman–Crippen MR) is 125 cm³/mol. The molecule has 0 aliphatic rings. The van der Waals surface area contributed by atoms with Gasteiger partial charge >= 0.3 is 0 Å². The maximum atomic E-state index is 13.6. The summed E-state index contributed by atoms with van der Waals surface area (Å²) in [6, 6.07) is 20.3. The van der Waals surface area contributed by atoms with Crippen molar-refractivity contribution in [2.75, 3.05) is 13.7 Å². The van der Waals surface area contributed by atoms with Gasteiger partial charge in [0.2, 0.25) is 0 Å². The minimum atomic E-state index is -3.80. The quantitative estimate of drug-likeness (QED) is 0.376. The topological polar surface area (TPSA) is 69.7 Å². The molecule has 0 saturated carbocycles. The SMILES string of the molecule is CCCOc1ccc(C(CC(=O)c2ccc(OC)cc2)S(=O)(=O)c2ccc(C)cc2)cc1. The lowest BCUT2D eigenvalue weighted by Gasteiger charge is -2.19. The minimum Gasteiger partial charge on any atom is -0.497 e. The van der Waals surface area contributed by atoms with Crippen molar-refractivity contribution in [3.8, 4) is 11.5 Å². The molecule has 1 atom stereocenters. The number of aryl methyl sites for hydroxylation is 1. The van der Waals surface area contributed by atoms with E-state index < -0.39 is 15.1 Å². The number of carbonyl (C=O) groups excluding carboxylic acids is 1. The Morgan fingerprint density at radius 1 is 0.875 bits per heavy atom. The molecule has 168 valence electrons. The lowest BCUT2D eigenvalue weighted by atomic mass is 10.0. The Labute approximate surface area is 189 Å². The van der Waals surface area contributed by atoms with Gasteiger partial charge in [0.15, 0.2) is 15.6 Å². The maximum Gasteiger partial charge on any atom is 0.185 e. The van der Waals surface area contributed by atoms with Gasteiger partial charge in [0.1, 0.15) is 11.5 Å². The van der Waals surface area contributed by atoms with E-state index >= 15 is 0 Å². The number of sulfone groups is 1. The molecule has 0 aliphatic carbocycles. The molecule has 0 radical (unpaired) electrons. The number of ketones is 1. The van der Waals surface area contributed by atoms with Crippen LogP contribution in [0.15, 0.2) is 77.7 Å². The Morgan fingerprint density at radius 2 is 1.47 bits per heavy atom. The molecular formula is C26H28O5S. The fourth-order valence-electron chi connectivity index (χ4n) is 3.36. The number of methoxy groups -OCH3 is 1. The summed E-state index contributed by atoms with van der Waals surface area (Å²) >= 11 is 0. The zero-order valence-corrected chi connectivity index (χ0v) is 19.4. The molecule has 1 unspecified atom stereocenters. The van der Waals surface area contributed by atoms with Gasteiger partial charge in [-0.05, 0) is 67.4 Å². The molecule has 0 aromatic heterocycles. The third kappa shape index (κ3) is 5.56. The highest BCUT2D eigenvalue weighted by Gasteiger charge is 2.31. The first-order valence-electron chi connectivity index (χ1n) is 10.6. The van der Waals surface area contributed by atoms with Crippen LogP contribution in [0.2, 0.25) is 0 Å². The van der Waals surface area contributed by atoms with Gasteiger partial charge in [0, 0.05) is 12.0 Å². The molecule has 3 rings (SSSR count). The number of Topliss-reactive ketones (excluding diaryl/α,β-unsaturated/α-hetero) is 1. The van der Waals surface area contributed by atoms with Crippen molar-refractivity contribution in [2.45, 2.75) is 36.8 Å².